The van der Waals surface area contributed by atoms with Crippen molar-refractivity contribution < 1.29 is 9.59 Å². The summed E-state index contributed by atoms with van der Waals surface area (Å²) in [4.78, 5) is 24.9. The van der Waals surface area contributed by atoms with Crippen molar-refractivity contribution >= 4 is 23.3 Å². The predicted octanol–water partition coefficient (Wildman–Crippen LogP) is 2.19. The fourth-order valence-corrected chi connectivity index (χ4v) is 2.17. The van der Waals surface area contributed by atoms with Crippen LogP contribution in [-0.2, 0) is 11.3 Å². The van der Waals surface area contributed by atoms with Gasteiger partial charge in [0.05, 0.1) is 6.54 Å². The number of anilines is 2. The van der Waals surface area contributed by atoms with Crippen molar-refractivity contribution in [3.05, 3.63) is 60.2 Å². The van der Waals surface area contributed by atoms with Crippen LogP contribution in [0, 0.1) is 0 Å². The predicted molar refractivity (Wildman–Crippen MR) is 96.1 cm³/mol. The third-order valence-corrected chi connectivity index (χ3v) is 3.52. The van der Waals surface area contributed by atoms with Crippen LogP contribution in [-0.4, -0.2) is 32.6 Å². The average molecular weight is 326 g/mol. The Kier molecular flexibility index (Phi) is 6.19. The lowest BCUT2D eigenvalue weighted by atomic mass is 10.2. The molecule has 0 aliphatic rings. The summed E-state index contributed by atoms with van der Waals surface area (Å²) in [6.07, 6.45) is 0. The first-order chi connectivity index (χ1) is 11.6. The maximum atomic E-state index is 11.7. The Morgan fingerprint density at radius 2 is 1.67 bits per heavy atom. The molecule has 0 radical (unpaired) electrons. The molecule has 6 heteroatoms. The van der Waals surface area contributed by atoms with E-state index in [1.54, 1.807) is 0 Å². The standard InChI is InChI=1S/C18H22N4O2/c1-19-17(23)12-20-18(24)21-15-8-10-16(11-9-15)22(2)13-14-6-4-3-5-7-14/h3-11H,12-13H2,1-2H3,(H,19,23)(H2,20,21,24). The SMILES string of the molecule is CNC(=O)CNC(=O)Nc1ccc(N(C)Cc2ccccc2)cc1. The van der Waals surface area contributed by atoms with E-state index in [1.807, 2.05) is 49.5 Å². The van der Waals surface area contributed by atoms with Crippen molar-refractivity contribution in [3.63, 3.8) is 0 Å². The molecule has 24 heavy (non-hydrogen) atoms. The molecule has 126 valence electrons. The number of hydrogen-bond acceptors (Lipinski definition) is 3. The molecule has 2 rings (SSSR count). The molecule has 0 aliphatic carbocycles. The molecule has 2 aromatic rings. The van der Waals surface area contributed by atoms with Gasteiger partial charge in [0, 0.05) is 32.0 Å². The van der Waals surface area contributed by atoms with Crippen LogP contribution in [0.5, 0.6) is 0 Å². The van der Waals surface area contributed by atoms with Crippen LogP contribution in [0.1, 0.15) is 5.56 Å². The largest absolute Gasteiger partial charge is 0.370 e. The van der Waals surface area contributed by atoms with Gasteiger partial charge in [-0.3, -0.25) is 4.79 Å². The molecular formula is C18H22N4O2. The number of hydrogen-bond donors (Lipinski definition) is 3. The van der Waals surface area contributed by atoms with Gasteiger partial charge >= 0.3 is 6.03 Å². The fraction of sp³-hybridized carbons (Fsp3) is 0.222. The summed E-state index contributed by atoms with van der Waals surface area (Å²) >= 11 is 0. The Morgan fingerprint density at radius 1 is 1.00 bits per heavy atom. The van der Waals surface area contributed by atoms with Crippen molar-refractivity contribution in [1.82, 2.24) is 10.6 Å². The molecule has 0 aliphatic heterocycles. The minimum atomic E-state index is -0.413. The van der Waals surface area contributed by atoms with Gasteiger partial charge in [-0.1, -0.05) is 30.3 Å². The van der Waals surface area contributed by atoms with E-state index in [9.17, 15) is 9.59 Å². The lowest BCUT2D eigenvalue weighted by Crippen LogP contribution is -2.37. The first-order valence-electron chi connectivity index (χ1n) is 7.69. The van der Waals surface area contributed by atoms with E-state index in [-0.39, 0.29) is 12.5 Å². The summed E-state index contributed by atoms with van der Waals surface area (Å²) in [5.74, 6) is -0.247. The van der Waals surface area contributed by atoms with E-state index < -0.39 is 6.03 Å². The Hall–Kier alpha value is -3.02. The lowest BCUT2D eigenvalue weighted by molar-refractivity contribution is -0.119. The lowest BCUT2D eigenvalue weighted by Gasteiger charge is -2.19. The highest BCUT2D eigenvalue weighted by molar-refractivity contribution is 5.92. The maximum absolute atomic E-state index is 11.7. The molecular weight excluding hydrogens is 304 g/mol. The second-order valence-electron chi connectivity index (χ2n) is 5.37. The highest BCUT2D eigenvalue weighted by Crippen LogP contribution is 2.18. The minimum absolute atomic E-state index is 0.0553. The van der Waals surface area contributed by atoms with E-state index in [0.29, 0.717) is 5.69 Å². The molecule has 0 aromatic heterocycles. The topological polar surface area (TPSA) is 73.5 Å². The molecule has 0 unspecified atom stereocenters. The Morgan fingerprint density at radius 3 is 2.29 bits per heavy atom. The Bertz CT molecular complexity index is 671. The summed E-state index contributed by atoms with van der Waals surface area (Å²) in [6, 6.07) is 17.3. The van der Waals surface area contributed by atoms with Gasteiger partial charge in [-0.2, -0.15) is 0 Å². The first kappa shape index (κ1) is 17.3. The molecule has 0 fully saturated rings. The normalized spacial score (nSPS) is 9.92. The zero-order valence-corrected chi connectivity index (χ0v) is 13.9. The summed E-state index contributed by atoms with van der Waals surface area (Å²) < 4.78 is 0. The van der Waals surface area contributed by atoms with Gasteiger partial charge < -0.3 is 20.9 Å². The van der Waals surface area contributed by atoms with Crippen LogP contribution in [0.3, 0.4) is 0 Å². The quantitative estimate of drug-likeness (QED) is 0.762. The summed E-state index contributed by atoms with van der Waals surface area (Å²) in [5, 5.41) is 7.61. The molecule has 3 N–H and O–H groups in total. The van der Waals surface area contributed by atoms with Gasteiger partial charge in [-0.05, 0) is 29.8 Å². The fourth-order valence-electron chi connectivity index (χ4n) is 2.17. The molecule has 3 amide bonds. The van der Waals surface area contributed by atoms with Crippen LogP contribution in [0.2, 0.25) is 0 Å². The van der Waals surface area contributed by atoms with Crippen molar-refractivity contribution in [2.75, 3.05) is 30.9 Å². The van der Waals surface area contributed by atoms with Crippen molar-refractivity contribution in [2.24, 2.45) is 0 Å². The average Bonchev–Trinajstić information content (AvgIpc) is 2.61. The second-order valence-corrected chi connectivity index (χ2v) is 5.37. The van der Waals surface area contributed by atoms with E-state index in [1.165, 1.54) is 12.6 Å². The number of amides is 3. The van der Waals surface area contributed by atoms with Gasteiger partial charge in [0.25, 0.3) is 0 Å². The smallest absolute Gasteiger partial charge is 0.319 e. The molecule has 0 saturated heterocycles. The van der Waals surface area contributed by atoms with Crippen molar-refractivity contribution in [1.29, 1.82) is 0 Å². The third kappa shape index (κ3) is 5.31. The van der Waals surface area contributed by atoms with Crippen molar-refractivity contribution in [3.8, 4) is 0 Å². The van der Waals surface area contributed by atoms with Crippen LogP contribution in [0.25, 0.3) is 0 Å². The molecule has 2 aromatic carbocycles. The number of rotatable bonds is 6. The van der Waals surface area contributed by atoms with Crippen LogP contribution in [0.4, 0.5) is 16.2 Å². The molecule has 0 saturated carbocycles. The number of nitrogens with one attached hydrogen (secondary N) is 3. The first-order valence-corrected chi connectivity index (χ1v) is 7.69. The Labute approximate surface area is 141 Å². The molecule has 0 spiro atoms. The van der Waals surface area contributed by atoms with Crippen molar-refractivity contribution in [2.45, 2.75) is 6.54 Å². The second kappa shape index (κ2) is 8.57. The van der Waals surface area contributed by atoms with Crippen LogP contribution >= 0.6 is 0 Å². The molecule has 0 heterocycles. The Balaban J connectivity index is 1.88. The van der Waals surface area contributed by atoms with Crippen LogP contribution < -0.4 is 20.9 Å². The number of carbonyl (C=O) groups is 2. The number of carbonyl (C=O) groups excluding carboxylic acids is 2. The maximum Gasteiger partial charge on any atom is 0.319 e. The van der Waals surface area contributed by atoms with Gasteiger partial charge in [-0.15, -0.1) is 0 Å². The summed E-state index contributed by atoms with van der Waals surface area (Å²) in [6.45, 7) is 0.750. The van der Waals surface area contributed by atoms with Gasteiger partial charge in [0.2, 0.25) is 5.91 Å². The van der Waals surface area contributed by atoms with E-state index in [0.717, 1.165) is 12.2 Å². The zero-order valence-electron chi connectivity index (χ0n) is 13.9. The minimum Gasteiger partial charge on any atom is -0.370 e. The monoisotopic (exact) mass is 326 g/mol. The number of nitrogens with zero attached hydrogens (tertiary/aromatic N) is 1. The third-order valence-electron chi connectivity index (χ3n) is 3.52. The van der Waals surface area contributed by atoms with E-state index in [2.05, 4.69) is 33.0 Å². The number of likely N-dealkylation sites (N-methyl/N-ethyl adjacent to an activating group) is 1. The molecule has 0 bridgehead atoms. The number of benzene rings is 2. The highest BCUT2D eigenvalue weighted by atomic mass is 16.2. The molecule has 6 nitrogen and oxygen atoms in total. The molecule has 0 atom stereocenters. The van der Waals surface area contributed by atoms with E-state index in [4.69, 9.17) is 0 Å². The van der Waals surface area contributed by atoms with Gasteiger partial charge in [0.1, 0.15) is 0 Å². The van der Waals surface area contributed by atoms with Gasteiger partial charge in [0.15, 0.2) is 0 Å². The highest BCUT2D eigenvalue weighted by Gasteiger charge is 2.05. The summed E-state index contributed by atoms with van der Waals surface area (Å²) in [7, 11) is 3.54. The van der Waals surface area contributed by atoms with Crippen LogP contribution in [0.15, 0.2) is 54.6 Å². The van der Waals surface area contributed by atoms with Gasteiger partial charge in [-0.25, -0.2) is 4.79 Å². The van der Waals surface area contributed by atoms with E-state index >= 15 is 0 Å². The zero-order chi connectivity index (χ0) is 17.4. The summed E-state index contributed by atoms with van der Waals surface area (Å²) in [5.41, 5.74) is 2.95. The number of urea groups is 1.